The summed E-state index contributed by atoms with van der Waals surface area (Å²) in [6.07, 6.45) is 0.549. The summed E-state index contributed by atoms with van der Waals surface area (Å²) in [5.74, 6) is -0.419. The van der Waals surface area contributed by atoms with E-state index < -0.39 is 0 Å². The fourth-order valence-corrected chi connectivity index (χ4v) is 1.34. The number of aromatic nitrogens is 1. The van der Waals surface area contributed by atoms with Gasteiger partial charge in [-0.25, -0.2) is 4.98 Å². The Balaban J connectivity index is 2.64. The zero-order valence-corrected chi connectivity index (χ0v) is 8.91. The van der Waals surface area contributed by atoms with Gasteiger partial charge in [-0.2, -0.15) is 0 Å². The number of pyridine rings is 1. The van der Waals surface area contributed by atoms with Gasteiger partial charge in [-0.15, -0.1) is 0 Å². The fourth-order valence-electron chi connectivity index (χ4n) is 1.16. The predicted octanol–water partition coefficient (Wildman–Crippen LogP) is 2.09. The molecule has 1 aromatic rings. The summed E-state index contributed by atoms with van der Waals surface area (Å²) in [6, 6.07) is 5.36. The molecule has 3 nitrogen and oxygen atoms in total. The third-order valence-corrected chi connectivity index (χ3v) is 2.10. The quantitative estimate of drug-likeness (QED) is 0.570. The molecule has 0 amide bonds. The molecule has 1 rings (SSSR count). The van der Waals surface area contributed by atoms with Crippen molar-refractivity contribution < 1.29 is 9.53 Å². The Morgan fingerprint density at radius 1 is 1.64 bits per heavy atom. The Morgan fingerprint density at radius 2 is 2.36 bits per heavy atom. The first-order chi connectivity index (χ1) is 6.63. The van der Waals surface area contributed by atoms with E-state index in [0.717, 1.165) is 5.69 Å². The number of esters is 1. The van der Waals surface area contributed by atoms with E-state index >= 15 is 0 Å². The zero-order valence-electron chi connectivity index (χ0n) is 8.16. The van der Waals surface area contributed by atoms with E-state index in [9.17, 15) is 4.79 Å². The maximum Gasteiger partial charge on any atom is 0.308 e. The first kappa shape index (κ1) is 11.0. The Bertz CT molecular complexity index is 328. The van der Waals surface area contributed by atoms with Crippen LogP contribution in [0.3, 0.4) is 0 Å². The number of ether oxygens (including phenoxy) is 1. The molecule has 0 bridgehead atoms. The highest BCUT2D eigenvalue weighted by Crippen LogP contribution is 2.10. The smallest absolute Gasteiger partial charge is 0.308 e. The van der Waals surface area contributed by atoms with Gasteiger partial charge in [0.1, 0.15) is 5.15 Å². The lowest BCUT2D eigenvalue weighted by Gasteiger charge is -2.07. The van der Waals surface area contributed by atoms with Crippen LogP contribution in [-0.4, -0.2) is 18.1 Å². The average molecular weight is 214 g/mol. The molecule has 0 radical (unpaired) electrons. The van der Waals surface area contributed by atoms with Gasteiger partial charge in [0.05, 0.1) is 13.0 Å². The molecule has 1 unspecified atom stereocenters. The third-order valence-electron chi connectivity index (χ3n) is 1.89. The zero-order chi connectivity index (χ0) is 10.6. The summed E-state index contributed by atoms with van der Waals surface area (Å²) in [5, 5.41) is 0.444. The molecule has 0 saturated heterocycles. The lowest BCUT2D eigenvalue weighted by molar-refractivity contribution is -0.144. The van der Waals surface area contributed by atoms with Crippen molar-refractivity contribution in [3.63, 3.8) is 0 Å². The molecule has 0 fully saturated rings. The van der Waals surface area contributed by atoms with Gasteiger partial charge in [-0.1, -0.05) is 24.6 Å². The number of hydrogen-bond acceptors (Lipinski definition) is 3. The van der Waals surface area contributed by atoms with Crippen LogP contribution in [0.5, 0.6) is 0 Å². The van der Waals surface area contributed by atoms with Crippen molar-refractivity contribution in [2.45, 2.75) is 13.3 Å². The van der Waals surface area contributed by atoms with Gasteiger partial charge in [-0.05, 0) is 12.1 Å². The SMILES string of the molecule is COC(=O)C(C)Cc1cccc(Cl)n1. The lowest BCUT2D eigenvalue weighted by atomic mass is 10.1. The van der Waals surface area contributed by atoms with Crippen LogP contribution in [0.2, 0.25) is 5.15 Å². The van der Waals surface area contributed by atoms with Crippen LogP contribution in [0.25, 0.3) is 0 Å². The second-order valence-corrected chi connectivity index (χ2v) is 3.47. The molecule has 4 heteroatoms. The predicted molar refractivity (Wildman–Crippen MR) is 54.1 cm³/mol. The van der Waals surface area contributed by atoms with E-state index in [1.54, 1.807) is 13.0 Å². The van der Waals surface area contributed by atoms with E-state index in [2.05, 4.69) is 9.72 Å². The average Bonchev–Trinajstić information content (AvgIpc) is 2.16. The standard InChI is InChI=1S/C10H12ClNO2/c1-7(10(13)14-2)6-8-4-3-5-9(11)12-8/h3-5,7H,6H2,1-2H3. The van der Waals surface area contributed by atoms with Gasteiger partial charge in [0, 0.05) is 12.1 Å². The van der Waals surface area contributed by atoms with Crippen LogP contribution >= 0.6 is 11.6 Å². The largest absolute Gasteiger partial charge is 0.469 e. The number of halogens is 1. The summed E-state index contributed by atoms with van der Waals surface area (Å²) in [5.41, 5.74) is 0.801. The van der Waals surface area contributed by atoms with Gasteiger partial charge in [0.15, 0.2) is 0 Å². The minimum Gasteiger partial charge on any atom is -0.469 e. The Hall–Kier alpha value is -1.09. The molecule has 0 aliphatic carbocycles. The Labute approximate surface area is 88.1 Å². The third kappa shape index (κ3) is 3.00. The molecule has 0 aliphatic rings. The Kier molecular flexibility index (Phi) is 3.89. The van der Waals surface area contributed by atoms with Crippen molar-refractivity contribution in [3.8, 4) is 0 Å². The first-order valence-electron chi connectivity index (χ1n) is 4.32. The summed E-state index contributed by atoms with van der Waals surface area (Å²) < 4.78 is 4.61. The Morgan fingerprint density at radius 3 is 2.93 bits per heavy atom. The monoisotopic (exact) mass is 213 g/mol. The minimum atomic E-state index is -0.230. The van der Waals surface area contributed by atoms with E-state index in [4.69, 9.17) is 11.6 Å². The van der Waals surface area contributed by atoms with Crippen LogP contribution in [0.15, 0.2) is 18.2 Å². The summed E-state index contributed by atoms with van der Waals surface area (Å²) in [7, 11) is 1.38. The van der Waals surface area contributed by atoms with Crippen molar-refractivity contribution in [1.82, 2.24) is 4.98 Å². The molecule has 1 aromatic heterocycles. The first-order valence-corrected chi connectivity index (χ1v) is 4.70. The van der Waals surface area contributed by atoms with E-state index in [-0.39, 0.29) is 11.9 Å². The van der Waals surface area contributed by atoms with Gasteiger partial charge in [0.25, 0.3) is 0 Å². The summed E-state index contributed by atoms with van der Waals surface area (Å²) in [4.78, 5) is 15.2. The molecule has 0 spiro atoms. The molecule has 76 valence electrons. The van der Waals surface area contributed by atoms with Crippen LogP contribution in [0, 0.1) is 5.92 Å². The van der Waals surface area contributed by atoms with Gasteiger partial charge >= 0.3 is 5.97 Å². The topological polar surface area (TPSA) is 39.2 Å². The van der Waals surface area contributed by atoms with Crippen molar-refractivity contribution in [2.75, 3.05) is 7.11 Å². The van der Waals surface area contributed by atoms with Crippen molar-refractivity contribution >= 4 is 17.6 Å². The second kappa shape index (κ2) is 4.96. The molecule has 0 saturated carbocycles. The van der Waals surface area contributed by atoms with Gasteiger partial charge in [-0.3, -0.25) is 4.79 Å². The lowest BCUT2D eigenvalue weighted by Crippen LogP contribution is -2.15. The number of rotatable bonds is 3. The second-order valence-electron chi connectivity index (χ2n) is 3.08. The molecular formula is C10H12ClNO2. The molecule has 0 N–H and O–H groups in total. The van der Waals surface area contributed by atoms with Crippen LogP contribution in [0.4, 0.5) is 0 Å². The number of nitrogens with zero attached hydrogens (tertiary/aromatic N) is 1. The molecule has 1 heterocycles. The van der Waals surface area contributed by atoms with E-state index in [0.29, 0.717) is 11.6 Å². The van der Waals surface area contributed by atoms with E-state index in [1.807, 2.05) is 12.1 Å². The number of carbonyl (C=O) groups is 1. The minimum absolute atomic E-state index is 0.189. The van der Waals surface area contributed by atoms with Crippen LogP contribution < -0.4 is 0 Å². The molecular weight excluding hydrogens is 202 g/mol. The summed E-state index contributed by atoms with van der Waals surface area (Å²) >= 11 is 5.71. The fraction of sp³-hybridized carbons (Fsp3) is 0.400. The molecule has 14 heavy (non-hydrogen) atoms. The van der Waals surface area contributed by atoms with E-state index in [1.165, 1.54) is 7.11 Å². The number of carbonyl (C=O) groups excluding carboxylic acids is 1. The highest BCUT2D eigenvalue weighted by atomic mass is 35.5. The summed E-state index contributed by atoms with van der Waals surface area (Å²) in [6.45, 7) is 1.80. The van der Waals surface area contributed by atoms with Crippen LogP contribution in [-0.2, 0) is 16.0 Å². The van der Waals surface area contributed by atoms with Crippen molar-refractivity contribution in [3.05, 3.63) is 29.0 Å². The highest BCUT2D eigenvalue weighted by Gasteiger charge is 2.14. The van der Waals surface area contributed by atoms with Gasteiger partial charge < -0.3 is 4.74 Å². The maximum atomic E-state index is 11.1. The normalized spacial score (nSPS) is 12.2. The van der Waals surface area contributed by atoms with Crippen molar-refractivity contribution in [1.29, 1.82) is 0 Å². The number of hydrogen-bond donors (Lipinski definition) is 0. The van der Waals surface area contributed by atoms with Crippen molar-refractivity contribution in [2.24, 2.45) is 5.92 Å². The maximum absolute atomic E-state index is 11.1. The molecule has 0 aliphatic heterocycles. The number of methoxy groups -OCH3 is 1. The molecule has 0 aromatic carbocycles. The van der Waals surface area contributed by atoms with Gasteiger partial charge in [0.2, 0.25) is 0 Å². The van der Waals surface area contributed by atoms with Crippen LogP contribution in [0.1, 0.15) is 12.6 Å². The highest BCUT2D eigenvalue weighted by molar-refractivity contribution is 6.29. The molecule has 1 atom stereocenters.